The number of halogens is 2. The molecule has 1 aromatic carbocycles. The van der Waals surface area contributed by atoms with Crippen molar-refractivity contribution in [2.24, 2.45) is 0 Å². The zero-order chi connectivity index (χ0) is 11.1. The van der Waals surface area contributed by atoms with Gasteiger partial charge >= 0.3 is 5.97 Å². The monoisotopic (exact) mass is 272 g/mol. The first-order valence-corrected chi connectivity index (χ1v) is 5.51. The maximum absolute atomic E-state index is 13.9. The van der Waals surface area contributed by atoms with Crippen molar-refractivity contribution in [2.75, 3.05) is 0 Å². The van der Waals surface area contributed by atoms with Crippen LogP contribution in [0, 0.1) is 0 Å². The molecule has 1 aliphatic rings. The quantitative estimate of drug-likeness (QED) is 0.854. The van der Waals surface area contributed by atoms with Crippen molar-refractivity contribution in [1.82, 2.24) is 0 Å². The van der Waals surface area contributed by atoms with Crippen molar-refractivity contribution in [2.45, 2.75) is 24.9 Å². The van der Waals surface area contributed by atoms with Gasteiger partial charge < -0.3 is 5.11 Å². The molecule has 1 atom stereocenters. The summed E-state index contributed by atoms with van der Waals surface area (Å²) in [4.78, 5) is 10.8. The zero-order valence-corrected chi connectivity index (χ0v) is 9.55. The van der Waals surface area contributed by atoms with Crippen LogP contribution in [0.1, 0.15) is 17.5 Å². The molecule has 0 saturated carbocycles. The van der Waals surface area contributed by atoms with Gasteiger partial charge in [0.1, 0.15) is 0 Å². The summed E-state index contributed by atoms with van der Waals surface area (Å²) >= 11 is 3.39. The van der Waals surface area contributed by atoms with Crippen LogP contribution in [0.2, 0.25) is 0 Å². The molecule has 0 spiro atoms. The molecule has 0 bridgehead atoms. The number of hydrogen-bond donors (Lipinski definition) is 1. The molecule has 0 saturated heterocycles. The normalized spacial score (nSPS) is 24.7. The molecule has 4 heteroatoms. The Morgan fingerprint density at radius 3 is 2.93 bits per heavy atom. The van der Waals surface area contributed by atoms with E-state index in [2.05, 4.69) is 15.9 Å². The highest BCUT2D eigenvalue weighted by Gasteiger charge is 2.42. The van der Waals surface area contributed by atoms with Gasteiger partial charge in [-0.3, -0.25) is 0 Å². The molecular weight excluding hydrogens is 263 g/mol. The number of aliphatic carboxylic acids is 1. The molecule has 0 aliphatic heterocycles. The lowest BCUT2D eigenvalue weighted by molar-refractivity contribution is -0.151. The summed E-state index contributed by atoms with van der Waals surface area (Å²) in [7, 11) is 0. The largest absolute Gasteiger partial charge is 0.479 e. The lowest BCUT2D eigenvalue weighted by Crippen LogP contribution is -2.39. The van der Waals surface area contributed by atoms with Gasteiger partial charge in [-0.05, 0) is 30.0 Å². The molecule has 15 heavy (non-hydrogen) atoms. The van der Waals surface area contributed by atoms with Crippen molar-refractivity contribution in [3.8, 4) is 0 Å². The second-order valence-corrected chi connectivity index (χ2v) is 4.68. The van der Waals surface area contributed by atoms with E-state index >= 15 is 0 Å². The lowest BCUT2D eigenvalue weighted by Gasteiger charge is -2.27. The molecule has 1 aliphatic carbocycles. The Balaban J connectivity index is 2.39. The van der Waals surface area contributed by atoms with Crippen molar-refractivity contribution in [3.63, 3.8) is 0 Å². The van der Waals surface area contributed by atoms with Gasteiger partial charge in [-0.15, -0.1) is 0 Å². The first-order chi connectivity index (χ1) is 7.03. The van der Waals surface area contributed by atoms with Crippen LogP contribution in [-0.4, -0.2) is 16.7 Å². The average molecular weight is 273 g/mol. The third kappa shape index (κ3) is 1.78. The Labute approximate surface area is 95.2 Å². The minimum absolute atomic E-state index is 0.0306. The fourth-order valence-corrected chi connectivity index (χ4v) is 2.55. The Morgan fingerprint density at radius 2 is 2.27 bits per heavy atom. The maximum atomic E-state index is 13.9. The van der Waals surface area contributed by atoms with E-state index in [1.807, 2.05) is 6.07 Å². The van der Waals surface area contributed by atoms with E-state index in [0.717, 1.165) is 15.6 Å². The molecular formula is C11H10BrFO2. The molecule has 0 radical (unpaired) electrons. The third-order valence-electron chi connectivity index (χ3n) is 2.84. The van der Waals surface area contributed by atoms with E-state index in [1.54, 1.807) is 12.1 Å². The highest BCUT2D eigenvalue weighted by molar-refractivity contribution is 9.10. The van der Waals surface area contributed by atoms with Crippen LogP contribution in [0.4, 0.5) is 4.39 Å². The van der Waals surface area contributed by atoms with E-state index in [4.69, 9.17) is 5.11 Å². The molecule has 0 aromatic heterocycles. The van der Waals surface area contributed by atoms with Crippen LogP contribution in [-0.2, 0) is 17.6 Å². The van der Waals surface area contributed by atoms with Crippen LogP contribution in [0.25, 0.3) is 0 Å². The number of hydrogen-bond acceptors (Lipinski definition) is 1. The fourth-order valence-electron chi connectivity index (χ4n) is 1.94. The van der Waals surface area contributed by atoms with Gasteiger partial charge in [0, 0.05) is 10.9 Å². The summed E-state index contributed by atoms with van der Waals surface area (Å²) in [6.07, 6.45) is 0.495. The highest BCUT2D eigenvalue weighted by atomic mass is 79.9. The smallest absolute Gasteiger partial charge is 0.341 e. The Morgan fingerprint density at radius 1 is 1.53 bits per heavy atom. The van der Waals surface area contributed by atoms with Gasteiger partial charge in [-0.2, -0.15) is 0 Å². The van der Waals surface area contributed by atoms with Crippen molar-refractivity contribution < 1.29 is 14.3 Å². The first-order valence-electron chi connectivity index (χ1n) is 4.71. The van der Waals surface area contributed by atoms with Gasteiger partial charge in [0.2, 0.25) is 5.67 Å². The Kier molecular flexibility index (Phi) is 2.54. The number of carboxylic acid groups (broad SMARTS) is 1. The maximum Gasteiger partial charge on any atom is 0.341 e. The summed E-state index contributed by atoms with van der Waals surface area (Å²) in [5, 5.41) is 8.81. The number of alkyl halides is 1. The number of fused-ring (bicyclic) bond motifs is 1. The first kappa shape index (κ1) is 10.6. The number of rotatable bonds is 1. The molecule has 0 heterocycles. The third-order valence-corrected chi connectivity index (χ3v) is 3.58. The summed E-state index contributed by atoms with van der Waals surface area (Å²) in [5.74, 6) is -1.35. The standard InChI is InChI=1S/C11H10BrFO2/c12-9-3-1-2-7-6-11(13,10(14)15)5-4-8(7)9/h1-3H,4-6H2,(H,14,15). The van der Waals surface area contributed by atoms with E-state index in [9.17, 15) is 9.18 Å². The Hall–Kier alpha value is -0.900. The highest BCUT2D eigenvalue weighted by Crippen LogP contribution is 2.35. The number of carbonyl (C=O) groups is 1. The van der Waals surface area contributed by atoms with E-state index < -0.39 is 11.6 Å². The molecule has 80 valence electrons. The predicted octanol–water partition coefficient (Wildman–Crippen LogP) is 2.73. The van der Waals surface area contributed by atoms with Gasteiger partial charge in [0.25, 0.3) is 0 Å². The SMILES string of the molecule is O=C(O)C1(F)CCc2c(Br)cccc2C1. The predicted molar refractivity (Wildman–Crippen MR) is 57.6 cm³/mol. The second-order valence-electron chi connectivity index (χ2n) is 3.82. The Bertz CT molecular complexity index is 419. The summed E-state index contributed by atoms with van der Waals surface area (Å²) < 4.78 is 14.8. The minimum atomic E-state index is -2.09. The molecule has 2 rings (SSSR count). The average Bonchev–Trinajstić information content (AvgIpc) is 2.17. The van der Waals surface area contributed by atoms with Crippen LogP contribution in [0.5, 0.6) is 0 Å². The van der Waals surface area contributed by atoms with Crippen molar-refractivity contribution in [3.05, 3.63) is 33.8 Å². The molecule has 0 amide bonds. The molecule has 0 fully saturated rings. The summed E-state index contributed by atoms with van der Waals surface area (Å²) in [5.41, 5.74) is -0.263. The van der Waals surface area contributed by atoms with E-state index in [-0.39, 0.29) is 12.8 Å². The van der Waals surface area contributed by atoms with Crippen LogP contribution >= 0.6 is 15.9 Å². The van der Waals surface area contributed by atoms with Gasteiger partial charge in [-0.1, -0.05) is 28.1 Å². The van der Waals surface area contributed by atoms with E-state index in [1.165, 1.54) is 0 Å². The summed E-state index contributed by atoms with van der Waals surface area (Å²) in [6.45, 7) is 0. The van der Waals surface area contributed by atoms with Crippen LogP contribution < -0.4 is 0 Å². The number of carboxylic acids is 1. The van der Waals surface area contributed by atoms with Crippen molar-refractivity contribution >= 4 is 21.9 Å². The van der Waals surface area contributed by atoms with E-state index in [0.29, 0.717) is 6.42 Å². The number of benzene rings is 1. The minimum Gasteiger partial charge on any atom is -0.479 e. The zero-order valence-electron chi connectivity index (χ0n) is 7.96. The fraction of sp³-hybridized carbons (Fsp3) is 0.364. The molecule has 1 N–H and O–H groups in total. The van der Waals surface area contributed by atoms with Crippen LogP contribution in [0.3, 0.4) is 0 Å². The molecule has 1 aromatic rings. The topological polar surface area (TPSA) is 37.3 Å². The van der Waals surface area contributed by atoms with Gasteiger partial charge in [0.05, 0.1) is 0 Å². The summed E-state index contributed by atoms with van der Waals surface area (Å²) in [6, 6.07) is 5.48. The van der Waals surface area contributed by atoms with Gasteiger partial charge in [0.15, 0.2) is 0 Å². The second kappa shape index (κ2) is 3.59. The van der Waals surface area contributed by atoms with Crippen LogP contribution in [0.15, 0.2) is 22.7 Å². The lowest BCUT2D eigenvalue weighted by atomic mass is 9.82. The molecule has 1 unspecified atom stereocenters. The molecule has 2 nitrogen and oxygen atoms in total. The van der Waals surface area contributed by atoms with Crippen molar-refractivity contribution in [1.29, 1.82) is 0 Å². The van der Waals surface area contributed by atoms with Gasteiger partial charge in [-0.25, -0.2) is 9.18 Å².